The molecule has 15 unspecified atom stereocenters. The van der Waals surface area contributed by atoms with Crippen molar-refractivity contribution in [2.75, 3.05) is 19.8 Å². The van der Waals surface area contributed by atoms with Crippen LogP contribution in [-0.2, 0) is 47.5 Å². The van der Waals surface area contributed by atoms with Crippen molar-refractivity contribution in [3.05, 3.63) is 0 Å². The number of rotatable bonds is 12. The van der Waals surface area contributed by atoms with Gasteiger partial charge in [-0.05, 0) is 13.8 Å². The molecule has 5 fully saturated rings. The zero-order valence-corrected chi connectivity index (χ0v) is 30.4. The van der Waals surface area contributed by atoms with Gasteiger partial charge in [-0.3, -0.25) is 9.63 Å². The summed E-state index contributed by atoms with van der Waals surface area (Å²) in [7, 11) is 0. The van der Waals surface area contributed by atoms with E-state index < -0.39 is 173 Å². The van der Waals surface area contributed by atoms with E-state index in [2.05, 4.69) is 10.8 Å². The molecule has 15 N–H and O–H groups in total. The molecule has 326 valence electrons. The van der Waals surface area contributed by atoms with Crippen molar-refractivity contribution >= 4 is 5.91 Å². The lowest BCUT2D eigenvalue weighted by atomic mass is 9.94. The van der Waals surface area contributed by atoms with Crippen LogP contribution in [0.5, 0.6) is 0 Å². The van der Waals surface area contributed by atoms with Crippen molar-refractivity contribution in [3.8, 4) is 0 Å². The van der Waals surface area contributed by atoms with Crippen LogP contribution < -0.4 is 10.8 Å². The molecule has 25 heteroatoms. The molecule has 5 heterocycles. The van der Waals surface area contributed by atoms with Crippen molar-refractivity contribution in [3.63, 3.8) is 0 Å². The number of hydrogen-bond acceptors (Lipinski definition) is 24. The molecule has 0 radical (unpaired) electrons. The average Bonchev–Trinajstić information content (AvgIpc) is 3.16. The maximum Gasteiger partial charge on any atom is 0.217 e. The van der Waals surface area contributed by atoms with Crippen LogP contribution in [0.1, 0.15) is 27.2 Å². The van der Waals surface area contributed by atoms with Gasteiger partial charge in [-0.1, -0.05) is 0 Å². The van der Waals surface area contributed by atoms with E-state index in [1.54, 1.807) is 0 Å². The number of hydroxylamine groups is 1. The first-order valence-electron chi connectivity index (χ1n) is 18.0. The molecular weight excluding hydrogens is 768 g/mol. The third-order valence-corrected chi connectivity index (χ3v) is 10.4. The highest BCUT2D eigenvalue weighted by atomic mass is 16.8. The highest BCUT2D eigenvalue weighted by Gasteiger charge is 2.58. The maximum absolute atomic E-state index is 12.7. The summed E-state index contributed by atoms with van der Waals surface area (Å²) in [5, 5.41) is 139. The van der Waals surface area contributed by atoms with E-state index in [-0.39, 0.29) is 0 Å². The molecule has 5 rings (SSSR count). The van der Waals surface area contributed by atoms with Gasteiger partial charge in [0.25, 0.3) is 0 Å². The fourth-order valence-corrected chi connectivity index (χ4v) is 7.03. The van der Waals surface area contributed by atoms with Crippen LogP contribution in [0.2, 0.25) is 0 Å². The molecule has 0 bridgehead atoms. The second-order valence-corrected chi connectivity index (χ2v) is 14.4. The first kappa shape index (κ1) is 45.6. The van der Waals surface area contributed by atoms with Gasteiger partial charge in [0.2, 0.25) is 5.91 Å². The molecule has 0 aliphatic carbocycles. The molecule has 0 aromatic heterocycles. The SMILES string of the molecule is CC(=O)NC1C(O[C@@H]2OC(CO)[C@H](O)C(O)C2O[C@@H]2OC(C)[C@@H](O)C(O)C2O)CC(CO)(O[C@@H]2OC(C)[C@@H](O)C(O)C2O)O[C@@H]1OC1C(O)NOC(CO)[C@@H]1O. The molecular formula is C31H54N2O23. The van der Waals surface area contributed by atoms with Gasteiger partial charge >= 0.3 is 0 Å². The van der Waals surface area contributed by atoms with Gasteiger partial charge in [0.15, 0.2) is 37.2 Å². The number of ether oxygens (including phenoxy) is 8. The van der Waals surface area contributed by atoms with Gasteiger partial charge in [-0.25, -0.2) is 0 Å². The molecule has 0 spiro atoms. The molecule has 5 saturated heterocycles. The topological polar surface area (TPSA) is 387 Å². The Kier molecular flexibility index (Phi) is 15.4. The van der Waals surface area contributed by atoms with Crippen LogP contribution in [0.25, 0.3) is 0 Å². The Morgan fingerprint density at radius 3 is 1.80 bits per heavy atom. The summed E-state index contributed by atoms with van der Waals surface area (Å²) in [6, 6.07) is -1.57. The lowest BCUT2D eigenvalue weighted by molar-refractivity contribution is -0.434. The molecule has 23 atom stereocenters. The van der Waals surface area contributed by atoms with Crippen LogP contribution in [-0.4, -0.2) is 233 Å². The van der Waals surface area contributed by atoms with Crippen molar-refractivity contribution in [1.29, 1.82) is 0 Å². The molecule has 25 nitrogen and oxygen atoms in total. The van der Waals surface area contributed by atoms with E-state index in [9.17, 15) is 71.2 Å². The maximum atomic E-state index is 12.7. The number of carbonyl (C=O) groups is 1. The minimum absolute atomic E-state index is 0.691. The zero-order valence-electron chi connectivity index (χ0n) is 30.4. The van der Waals surface area contributed by atoms with E-state index in [1.165, 1.54) is 13.8 Å². The standard InChI is InChI=1S/C31H54N2O23/c1-8-15(38)19(42)22(45)28(48-8)53-25-21(44)17(40)12(5-34)51-30(25)50-11-4-31(7-36,55-29-23(46)20(43)16(39)9(2)49-29)54-27(14(11)32-10(3)37)52-24-18(41)13(6-35)56-33-26(24)47/h8-9,11-30,33-36,38-47H,4-7H2,1-3H3,(H,32,37)/t8?,9?,11?,12?,13?,14?,15-,16-,17+,18+,19?,20?,21?,22?,23?,24?,25?,26?,27+,28+,29+,30-,31?/m1/s1. The van der Waals surface area contributed by atoms with Crippen LogP contribution in [0.3, 0.4) is 0 Å². The molecule has 0 aromatic carbocycles. The second kappa shape index (κ2) is 18.9. The minimum atomic E-state index is -2.43. The molecule has 1 amide bonds. The molecule has 5 aliphatic heterocycles. The first-order valence-corrected chi connectivity index (χ1v) is 18.0. The van der Waals surface area contributed by atoms with Crippen LogP contribution in [0.4, 0.5) is 0 Å². The van der Waals surface area contributed by atoms with Crippen molar-refractivity contribution in [2.24, 2.45) is 0 Å². The van der Waals surface area contributed by atoms with Gasteiger partial charge in [0, 0.05) is 13.3 Å². The monoisotopic (exact) mass is 822 g/mol. The Balaban J connectivity index is 1.53. The van der Waals surface area contributed by atoms with Gasteiger partial charge in [-0.15, -0.1) is 0 Å². The van der Waals surface area contributed by atoms with Crippen LogP contribution in [0.15, 0.2) is 0 Å². The van der Waals surface area contributed by atoms with Gasteiger partial charge < -0.3 is 110 Å². The van der Waals surface area contributed by atoms with Crippen molar-refractivity contribution in [2.45, 2.75) is 168 Å². The molecule has 5 aliphatic rings. The fourth-order valence-electron chi connectivity index (χ4n) is 7.03. The minimum Gasteiger partial charge on any atom is -0.394 e. The number of aliphatic hydroxyl groups excluding tert-OH is 13. The van der Waals surface area contributed by atoms with Crippen LogP contribution in [0, 0.1) is 0 Å². The summed E-state index contributed by atoms with van der Waals surface area (Å²) < 4.78 is 46.9. The van der Waals surface area contributed by atoms with E-state index >= 15 is 0 Å². The summed E-state index contributed by atoms with van der Waals surface area (Å²) >= 11 is 0. The van der Waals surface area contributed by atoms with E-state index in [4.69, 9.17) is 42.7 Å². The van der Waals surface area contributed by atoms with Crippen LogP contribution >= 0.6 is 0 Å². The summed E-state index contributed by atoms with van der Waals surface area (Å²) in [5.74, 6) is -3.18. The summed E-state index contributed by atoms with van der Waals surface area (Å²) in [4.78, 5) is 17.7. The second-order valence-electron chi connectivity index (χ2n) is 14.4. The van der Waals surface area contributed by atoms with Crippen molar-refractivity contribution in [1.82, 2.24) is 10.8 Å². The third kappa shape index (κ3) is 9.45. The summed E-state index contributed by atoms with van der Waals surface area (Å²) in [6.07, 6.45) is -36.6. The van der Waals surface area contributed by atoms with Crippen molar-refractivity contribution < 1.29 is 114 Å². The van der Waals surface area contributed by atoms with Gasteiger partial charge in [0.1, 0.15) is 85.4 Å². The Morgan fingerprint density at radius 1 is 0.661 bits per heavy atom. The Morgan fingerprint density at radius 2 is 1.23 bits per heavy atom. The fraction of sp³-hybridized carbons (Fsp3) is 0.968. The molecule has 0 saturated carbocycles. The zero-order chi connectivity index (χ0) is 41.4. The highest BCUT2D eigenvalue weighted by molar-refractivity contribution is 5.73. The Hall–Kier alpha value is -1.45. The lowest BCUT2D eigenvalue weighted by Crippen LogP contribution is -2.70. The quantitative estimate of drug-likeness (QED) is 0.0869. The number of aliphatic hydroxyl groups is 13. The summed E-state index contributed by atoms with van der Waals surface area (Å²) in [5.41, 5.74) is 2.16. The van der Waals surface area contributed by atoms with Gasteiger partial charge in [-0.2, -0.15) is 5.48 Å². The number of amides is 1. The first-order chi connectivity index (χ1) is 26.4. The average molecular weight is 823 g/mol. The van der Waals surface area contributed by atoms with E-state index in [0.29, 0.717) is 0 Å². The Labute approximate surface area is 318 Å². The van der Waals surface area contributed by atoms with E-state index in [0.717, 1.165) is 6.92 Å². The number of hydrogen-bond donors (Lipinski definition) is 15. The summed E-state index contributed by atoms with van der Waals surface area (Å²) in [6.45, 7) is 0.971. The third-order valence-electron chi connectivity index (χ3n) is 10.4. The molecule has 56 heavy (non-hydrogen) atoms. The predicted molar refractivity (Wildman–Crippen MR) is 172 cm³/mol. The number of carbonyl (C=O) groups excluding carboxylic acids is 1. The normalized spacial score (nSPS) is 51.7. The van der Waals surface area contributed by atoms with E-state index in [1.807, 2.05) is 0 Å². The Bertz CT molecular complexity index is 1280. The largest absolute Gasteiger partial charge is 0.394 e. The lowest BCUT2D eigenvalue weighted by Gasteiger charge is -2.52. The highest BCUT2D eigenvalue weighted by Crippen LogP contribution is 2.39. The molecule has 0 aromatic rings. The number of nitrogens with one attached hydrogen (secondary N) is 2. The smallest absolute Gasteiger partial charge is 0.217 e. The van der Waals surface area contributed by atoms with Gasteiger partial charge in [0.05, 0.1) is 38.1 Å². The predicted octanol–water partition coefficient (Wildman–Crippen LogP) is -9.23.